The third-order valence-electron chi connectivity index (χ3n) is 9.57. The maximum Gasteiger partial charge on any atom is 0.135 e. The number of allylic oxidation sites excluding steroid dienone is 4. The first-order chi connectivity index (χ1) is 22.3. The van der Waals surface area contributed by atoms with Crippen molar-refractivity contribution in [1.82, 2.24) is 9.13 Å². The average molecular weight is 577 g/mol. The molecule has 3 aromatic heterocycles. The number of rotatable bonds is 3. The van der Waals surface area contributed by atoms with E-state index in [2.05, 4.69) is 143 Å². The maximum atomic E-state index is 6.23. The summed E-state index contributed by atoms with van der Waals surface area (Å²) in [6.45, 7) is 0. The van der Waals surface area contributed by atoms with Crippen molar-refractivity contribution in [3.05, 3.63) is 151 Å². The fourth-order valence-electron chi connectivity index (χ4n) is 7.61. The molecule has 1 aliphatic rings. The fraction of sp³-hybridized carbons (Fsp3) is 0.0476. The number of para-hydroxylation sites is 3. The molecule has 0 fully saturated rings. The Balaban J connectivity index is 1.35. The smallest absolute Gasteiger partial charge is 0.135 e. The lowest BCUT2D eigenvalue weighted by Gasteiger charge is -2.19. The molecule has 0 bridgehead atoms. The zero-order chi connectivity index (χ0) is 29.5. The number of aromatic nitrogens is 2. The van der Waals surface area contributed by atoms with Gasteiger partial charge in [0.25, 0.3) is 0 Å². The van der Waals surface area contributed by atoms with Gasteiger partial charge in [0.1, 0.15) is 11.2 Å². The molecule has 0 saturated carbocycles. The van der Waals surface area contributed by atoms with Crippen molar-refractivity contribution >= 4 is 76.8 Å². The van der Waals surface area contributed by atoms with Crippen LogP contribution in [-0.4, -0.2) is 9.13 Å². The molecule has 45 heavy (non-hydrogen) atoms. The van der Waals surface area contributed by atoms with Crippen molar-refractivity contribution in [2.24, 2.45) is 0 Å². The number of hydrogen-bond donors (Lipinski definition) is 0. The molecule has 0 atom stereocenters. The van der Waals surface area contributed by atoms with Gasteiger partial charge in [-0.1, -0.05) is 103 Å². The molecule has 212 valence electrons. The van der Waals surface area contributed by atoms with E-state index in [4.69, 9.17) is 4.42 Å². The van der Waals surface area contributed by atoms with E-state index in [0.717, 1.165) is 40.5 Å². The Kier molecular flexibility index (Phi) is 5.11. The van der Waals surface area contributed by atoms with E-state index < -0.39 is 0 Å². The minimum atomic E-state index is 0.910. The zero-order valence-corrected chi connectivity index (χ0v) is 24.6. The summed E-state index contributed by atoms with van der Waals surface area (Å²) >= 11 is 0. The van der Waals surface area contributed by atoms with Crippen LogP contribution in [0.25, 0.3) is 82.5 Å². The van der Waals surface area contributed by atoms with Gasteiger partial charge in [0.2, 0.25) is 0 Å². The molecule has 0 amide bonds. The van der Waals surface area contributed by atoms with Gasteiger partial charge < -0.3 is 13.6 Å². The molecular formula is C42H28N2O. The Hall–Kier alpha value is -5.80. The Bertz CT molecular complexity index is 2700. The van der Waals surface area contributed by atoms with Crippen LogP contribution in [-0.2, 0) is 0 Å². The lowest BCUT2D eigenvalue weighted by Crippen LogP contribution is -2.03. The average Bonchev–Trinajstić information content (AvgIpc) is 3.76. The van der Waals surface area contributed by atoms with Crippen molar-refractivity contribution < 1.29 is 4.42 Å². The van der Waals surface area contributed by atoms with Gasteiger partial charge in [0, 0.05) is 43.7 Å². The predicted molar refractivity (Wildman–Crippen MR) is 189 cm³/mol. The van der Waals surface area contributed by atoms with Crippen molar-refractivity contribution in [3.63, 3.8) is 0 Å². The number of hydrogen-bond acceptors (Lipinski definition) is 1. The first-order valence-electron chi connectivity index (χ1n) is 15.7. The highest BCUT2D eigenvalue weighted by Gasteiger charge is 2.23. The van der Waals surface area contributed by atoms with Gasteiger partial charge in [-0.15, -0.1) is 0 Å². The summed E-state index contributed by atoms with van der Waals surface area (Å²) in [5, 5.41) is 7.34. The molecule has 0 aliphatic heterocycles. The van der Waals surface area contributed by atoms with E-state index in [1.807, 2.05) is 12.1 Å². The standard InChI is InChI=1S/C42H28N2O/c1-2-11-27(12-3-1)28-13-10-14-29(25-28)43-37-18-7-4-15-31(37)34-22-23-35-32-16-5-8-19-38(32)44(42(35)41(34)43)30-21-24-40-36(26-30)33-17-6-9-20-39(33)45-40/h1-9,11-13,15-26H,10,14H2. The highest BCUT2D eigenvalue weighted by atomic mass is 16.3. The molecule has 1 aliphatic carbocycles. The second kappa shape index (κ2) is 9.35. The zero-order valence-electron chi connectivity index (χ0n) is 24.6. The summed E-state index contributed by atoms with van der Waals surface area (Å²) in [5.74, 6) is 0. The van der Waals surface area contributed by atoms with E-state index in [1.54, 1.807) is 0 Å². The summed E-state index contributed by atoms with van der Waals surface area (Å²) in [5.41, 5.74) is 11.8. The Morgan fingerprint density at radius 3 is 1.89 bits per heavy atom. The van der Waals surface area contributed by atoms with Gasteiger partial charge >= 0.3 is 0 Å². The summed E-state index contributed by atoms with van der Waals surface area (Å²) < 4.78 is 11.2. The molecule has 0 spiro atoms. The quantitative estimate of drug-likeness (QED) is 0.205. The molecule has 0 radical (unpaired) electrons. The van der Waals surface area contributed by atoms with Crippen LogP contribution in [0.3, 0.4) is 0 Å². The largest absolute Gasteiger partial charge is 0.456 e. The first-order valence-corrected chi connectivity index (χ1v) is 15.7. The van der Waals surface area contributed by atoms with Crippen molar-refractivity contribution in [2.45, 2.75) is 12.8 Å². The highest BCUT2D eigenvalue weighted by molar-refractivity contribution is 6.24. The normalized spacial score (nSPS) is 13.9. The first kappa shape index (κ1) is 24.6. The highest BCUT2D eigenvalue weighted by Crippen LogP contribution is 2.43. The summed E-state index contributed by atoms with van der Waals surface area (Å²) in [7, 11) is 0. The van der Waals surface area contributed by atoms with Gasteiger partial charge in [-0.25, -0.2) is 0 Å². The van der Waals surface area contributed by atoms with E-state index in [9.17, 15) is 0 Å². The van der Waals surface area contributed by atoms with Gasteiger partial charge in [0.05, 0.1) is 22.1 Å². The minimum Gasteiger partial charge on any atom is -0.456 e. The van der Waals surface area contributed by atoms with Crippen LogP contribution in [0.4, 0.5) is 0 Å². The summed E-state index contributed by atoms with van der Waals surface area (Å²) in [6.07, 6.45) is 6.77. The monoisotopic (exact) mass is 576 g/mol. The van der Waals surface area contributed by atoms with Crippen LogP contribution < -0.4 is 0 Å². The summed E-state index contributed by atoms with van der Waals surface area (Å²) in [4.78, 5) is 0. The van der Waals surface area contributed by atoms with E-state index >= 15 is 0 Å². The Morgan fingerprint density at radius 1 is 0.489 bits per heavy atom. The molecule has 3 nitrogen and oxygen atoms in total. The molecular weight excluding hydrogens is 548 g/mol. The fourth-order valence-corrected chi connectivity index (χ4v) is 7.61. The molecule has 0 N–H and O–H groups in total. The second-order valence-electron chi connectivity index (χ2n) is 12.0. The van der Waals surface area contributed by atoms with E-state index in [1.165, 1.54) is 60.4 Å². The number of fused-ring (bicyclic) bond motifs is 10. The molecule has 0 unspecified atom stereocenters. The van der Waals surface area contributed by atoms with Crippen LogP contribution in [0.1, 0.15) is 18.4 Å². The Morgan fingerprint density at radius 2 is 1.11 bits per heavy atom. The van der Waals surface area contributed by atoms with Crippen molar-refractivity contribution in [2.75, 3.05) is 0 Å². The van der Waals surface area contributed by atoms with Crippen LogP contribution >= 0.6 is 0 Å². The topological polar surface area (TPSA) is 23.0 Å². The van der Waals surface area contributed by atoms with Gasteiger partial charge in [-0.2, -0.15) is 0 Å². The van der Waals surface area contributed by atoms with Crippen molar-refractivity contribution in [3.8, 4) is 5.69 Å². The van der Waals surface area contributed by atoms with Crippen molar-refractivity contribution in [1.29, 1.82) is 0 Å². The van der Waals surface area contributed by atoms with Crippen LogP contribution in [0.5, 0.6) is 0 Å². The maximum absolute atomic E-state index is 6.23. The SMILES string of the molecule is C1=C(c2ccccc2)C=C(n2c3ccccc3c3ccc4c5ccccc5n(-c5ccc6oc7ccccc7c6c5)c4c32)CC1. The van der Waals surface area contributed by atoms with Gasteiger partial charge in [-0.3, -0.25) is 0 Å². The third-order valence-corrected chi connectivity index (χ3v) is 9.57. The minimum absolute atomic E-state index is 0.910. The molecule has 10 rings (SSSR count). The van der Waals surface area contributed by atoms with Crippen LogP contribution in [0.2, 0.25) is 0 Å². The number of benzene rings is 6. The molecule has 3 heteroatoms. The molecule has 3 heterocycles. The van der Waals surface area contributed by atoms with E-state index in [0.29, 0.717) is 0 Å². The molecule has 0 saturated heterocycles. The van der Waals surface area contributed by atoms with Gasteiger partial charge in [-0.05, 0) is 66.5 Å². The second-order valence-corrected chi connectivity index (χ2v) is 12.0. The van der Waals surface area contributed by atoms with Crippen LogP contribution in [0, 0.1) is 0 Å². The number of furan rings is 1. The van der Waals surface area contributed by atoms with Crippen LogP contribution in [0.15, 0.2) is 150 Å². The third kappa shape index (κ3) is 3.52. The molecule has 6 aromatic carbocycles. The lowest BCUT2D eigenvalue weighted by molar-refractivity contribution is 0.669. The molecule has 9 aromatic rings. The number of nitrogens with zero attached hydrogens (tertiary/aromatic N) is 2. The van der Waals surface area contributed by atoms with Gasteiger partial charge in [0.15, 0.2) is 0 Å². The Labute approximate surface area is 259 Å². The summed E-state index contributed by atoms with van der Waals surface area (Å²) in [6, 6.07) is 48.1. The van der Waals surface area contributed by atoms with E-state index in [-0.39, 0.29) is 0 Å². The lowest BCUT2D eigenvalue weighted by atomic mass is 9.97. The predicted octanol–water partition coefficient (Wildman–Crippen LogP) is 11.5.